The second-order valence-corrected chi connectivity index (χ2v) is 5.22. The lowest BCUT2D eigenvalue weighted by atomic mass is 10.2. The first kappa shape index (κ1) is 17.9. The highest BCUT2D eigenvalue weighted by Gasteiger charge is 2.17. The van der Waals surface area contributed by atoms with E-state index in [-0.39, 0.29) is 25.3 Å². The molecule has 0 aliphatic heterocycles. The highest BCUT2D eigenvalue weighted by atomic mass is 35.5. The van der Waals surface area contributed by atoms with Crippen LogP contribution >= 0.6 is 11.6 Å². The standard InChI is InChI=1S/C16H11ClF2N2O2.CH4/c1-9-14(15(17)22)21-7-3-6-13(16(21)20-9)23-8-10-11(18)4-2-5-12(10)19;/h2-7H,8H2,1H3;1H4. The van der Waals surface area contributed by atoms with Crippen LogP contribution in [-0.2, 0) is 6.61 Å². The Morgan fingerprint density at radius 2 is 1.92 bits per heavy atom. The molecule has 0 unspecified atom stereocenters. The smallest absolute Gasteiger partial charge is 0.271 e. The topological polar surface area (TPSA) is 43.6 Å². The van der Waals surface area contributed by atoms with E-state index in [2.05, 4.69) is 4.98 Å². The van der Waals surface area contributed by atoms with Crippen LogP contribution < -0.4 is 4.74 Å². The lowest BCUT2D eigenvalue weighted by Gasteiger charge is -2.09. The molecule has 0 fully saturated rings. The normalized spacial score (nSPS) is 10.5. The molecule has 1 aromatic carbocycles. The van der Waals surface area contributed by atoms with Gasteiger partial charge in [0.25, 0.3) is 5.24 Å². The Kier molecular flexibility index (Phi) is 5.19. The quantitative estimate of drug-likeness (QED) is 0.649. The summed E-state index contributed by atoms with van der Waals surface area (Å²) in [6.45, 7) is 1.34. The number of imidazole rings is 1. The van der Waals surface area contributed by atoms with Crippen LogP contribution in [0.1, 0.15) is 29.2 Å². The minimum absolute atomic E-state index is 0. The Morgan fingerprint density at radius 3 is 2.54 bits per heavy atom. The molecule has 0 aliphatic rings. The van der Waals surface area contributed by atoms with E-state index in [4.69, 9.17) is 16.3 Å². The molecule has 24 heavy (non-hydrogen) atoms. The van der Waals surface area contributed by atoms with Crippen LogP contribution in [0.3, 0.4) is 0 Å². The number of aromatic nitrogens is 2. The van der Waals surface area contributed by atoms with Crippen LogP contribution in [0, 0.1) is 18.6 Å². The number of hydrogen-bond donors (Lipinski definition) is 0. The van der Waals surface area contributed by atoms with Gasteiger partial charge in [0.2, 0.25) is 0 Å². The Morgan fingerprint density at radius 1 is 1.25 bits per heavy atom. The van der Waals surface area contributed by atoms with Crippen molar-refractivity contribution in [3.63, 3.8) is 0 Å². The molecule has 2 heterocycles. The summed E-state index contributed by atoms with van der Waals surface area (Å²) in [7, 11) is 0. The Hall–Kier alpha value is -2.47. The zero-order valence-corrected chi connectivity index (χ0v) is 12.8. The summed E-state index contributed by atoms with van der Waals surface area (Å²) in [5.41, 5.74) is 0.847. The van der Waals surface area contributed by atoms with Crippen molar-refractivity contribution in [2.75, 3.05) is 0 Å². The predicted octanol–water partition coefficient (Wildman–Crippen LogP) is 4.52. The van der Waals surface area contributed by atoms with Gasteiger partial charge in [-0.1, -0.05) is 13.5 Å². The molecule has 0 N–H and O–H groups in total. The highest BCUT2D eigenvalue weighted by molar-refractivity contribution is 6.67. The number of carbonyl (C=O) groups excluding carboxylic acids is 1. The van der Waals surface area contributed by atoms with Crippen molar-refractivity contribution in [1.82, 2.24) is 9.38 Å². The lowest BCUT2D eigenvalue weighted by molar-refractivity contribution is 0.107. The van der Waals surface area contributed by atoms with Gasteiger partial charge in [-0.05, 0) is 42.8 Å². The average Bonchev–Trinajstić information content (AvgIpc) is 2.83. The molecule has 0 spiro atoms. The van der Waals surface area contributed by atoms with Crippen LogP contribution in [0.4, 0.5) is 8.78 Å². The van der Waals surface area contributed by atoms with Gasteiger partial charge in [-0.15, -0.1) is 0 Å². The number of nitrogens with zero attached hydrogens (tertiary/aromatic N) is 2. The van der Waals surface area contributed by atoms with Crippen molar-refractivity contribution in [2.45, 2.75) is 21.0 Å². The summed E-state index contributed by atoms with van der Waals surface area (Å²) in [6.07, 6.45) is 1.61. The first-order chi connectivity index (χ1) is 11.0. The largest absolute Gasteiger partial charge is 0.485 e. The zero-order valence-electron chi connectivity index (χ0n) is 12.0. The number of pyridine rings is 1. The second-order valence-electron chi connectivity index (χ2n) is 4.87. The molecule has 0 atom stereocenters. The first-order valence-electron chi connectivity index (χ1n) is 6.72. The summed E-state index contributed by atoms with van der Waals surface area (Å²) in [5.74, 6) is -1.08. The fraction of sp³-hybridized carbons (Fsp3) is 0.176. The molecule has 0 aliphatic carbocycles. The van der Waals surface area contributed by atoms with Gasteiger partial charge < -0.3 is 4.74 Å². The van der Waals surface area contributed by atoms with E-state index in [1.165, 1.54) is 10.5 Å². The summed E-state index contributed by atoms with van der Waals surface area (Å²) >= 11 is 5.56. The number of fused-ring (bicyclic) bond motifs is 1. The van der Waals surface area contributed by atoms with Crippen molar-refractivity contribution in [1.29, 1.82) is 0 Å². The Labute approximate surface area is 142 Å². The predicted molar refractivity (Wildman–Crippen MR) is 87.5 cm³/mol. The van der Waals surface area contributed by atoms with Gasteiger partial charge in [0, 0.05) is 6.20 Å². The van der Waals surface area contributed by atoms with E-state index in [1.54, 1.807) is 25.3 Å². The van der Waals surface area contributed by atoms with E-state index in [1.807, 2.05) is 0 Å². The van der Waals surface area contributed by atoms with Crippen LogP contribution in [0.15, 0.2) is 36.5 Å². The molecule has 4 nitrogen and oxygen atoms in total. The number of hydrogen-bond acceptors (Lipinski definition) is 3. The van der Waals surface area contributed by atoms with Crippen LogP contribution in [0.5, 0.6) is 5.75 Å². The Bertz CT molecular complexity index is 889. The monoisotopic (exact) mass is 352 g/mol. The van der Waals surface area contributed by atoms with E-state index >= 15 is 0 Å². The van der Waals surface area contributed by atoms with Gasteiger partial charge in [0.05, 0.1) is 11.3 Å². The highest BCUT2D eigenvalue weighted by Crippen LogP contribution is 2.24. The third-order valence-electron chi connectivity index (χ3n) is 3.41. The Balaban J connectivity index is 0.00000208. The van der Waals surface area contributed by atoms with Crippen LogP contribution in [-0.4, -0.2) is 14.6 Å². The van der Waals surface area contributed by atoms with Crippen LogP contribution in [0.25, 0.3) is 5.65 Å². The molecule has 0 amide bonds. The summed E-state index contributed by atoms with van der Waals surface area (Å²) in [4.78, 5) is 15.7. The number of aryl methyl sites for hydroxylation is 1. The van der Waals surface area contributed by atoms with Gasteiger partial charge in [-0.3, -0.25) is 9.20 Å². The maximum atomic E-state index is 13.6. The van der Waals surface area contributed by atoms with Gasteiger partial charge in [-0.25, -0.2) is 13.8 Å². The van der Waals surface area contributed by atoms with Crippen molar-refractivity contribution < 1.29 is 18.3 Å². The maximum absolute atomic E-state index is 13.6. The third kappa shape index (κ3) is 3.10. The molecule has 0 saturated heterocycles. The number of halogens is 3. The average molecular weight is 353 g/mol. The maximum Gasteiger partial charge on any atom is 0.271 e. The van der Waals surface area contributed by atoms with Gasteiger partial charge in [0.15, 0.2) is 11.4 Å². The molecule has 126 valence electrons. The SMILES string of the molecule is C.Cc1nc2c(OCc3c(F)cccc3F)cccn2c1C(=O)Cl. The summed E-state index contributed by atoms with van der Waals surface area (Å²) in [5, 5.41) is -0.646. The fourth-order valence-electron chi connectivity index (χ4n) is 2.33. The van der Waals surface area contributed by atoms with Crippen molar-refractivity contribution >= 4 is 22.5 Å². The van der Waals surface area contributed by atoms with E-state index < -0.39 is 16.9 Å². The lowest BCUT2D eigenvalue weighted by Crippen LogP contribution is -2.03. The van der Waals surface area contributed by atoms with Crippen molar-refractivity contribution in [3.05, 3.63) is 65.1 Å². The molecule has 3 rings (SSSR count). The molecule has 0 saturated carbocycles. The summed E-state index contributed by atoms with van der Waals surface area (Å²) < 4.78 is 34.3. The molecule has 0 radical (unpaired) electrons. The molecular formula is C17H15ClF2N2O2. The second kappa shape index (κ2) is 6.97. The molecule has 0 bridgehead atoms. The number of benzene rings is 1. The number of carbonyl (C=O) groups is 1. The van der Waals surface area contributed by atoms with E-state index in [0.717, 1.165) is 12.1 Å². The molecular weight excluding hydrogens is 338 g/mol. The van der Waals surface area contributed by atoms with Crippen LogP contribution in [0.2, 0.25) is 0 Å². The minimum Gasteiger partial charge on any atom is -0.485 e. The third-order valence-corrected chi connectivity index (χ3v) is 3.59. The summed E-state index contributed by atoms with van der Waals surface area (Å²) in [6, 6.07) is 6.83. The number of ether oxygens (including phenoxy) is 1. The number of rotatable bonds is 4. The van der Waals surface area contributed by atoms with Crippen molar-refractivity contribution in [2.24, 2.45) is 0 Å². The fourth-order valence-corrected chi connectivity index (χ4v) is 2.55. The van der Waals surface area contributed by atoms with E-state index in [0.29, 0.717) is 17.1 Å². The molecule has 2 aromatic heterocycles. The zero-order chi connectivity index (χ0) is 16.6. The van der Waals surface area contributed by atoms with Gasteiger partial charge in [-0.2, -0.15) is 0 Å². The van der Waals surface area contributed by atoms with Gasteiger partial charge >= 0.3 is 0 Å². The van der Waals surface area contributed by atoms with E-state index in [9.17, 15) is 13.6 Å². The van der Waals surface area contributed by atoms with Gasteiger partial charge in [0.1, 0.15) is 23.9 Å². The first-order valence-corrected chi connectivity index (χ1v) is 7.10. The minimum atomic E-state index is -0.687. The molecule has 7 heteroatoms. The van der Waals surface area contributed by atoms with Crippen molar-refractivity contribution in [3.8, 4) is 5.75 Å². The molecule has 3 aromatic rings.